The Bertz CT molecular complexity index is 1240. The molecule has 2 aromatic heterocycles. The van der Waals surface area contributed by atoms with E-state index in [4.69, 9.17) is 9.47 Å². The van der Waals surface area contributed by atoms with Crippen molar-refractivity contribution in [2.75, 3.05) is 31.9 Å². The second-order valence-electron chi connectivity index (χ2n) is 6.00. The van der Waals surface area contributed by atoms with Crippen LogP contribution in [-0.2, 0) is 10.0 Å². The summed E-state index contributed by atoms with van der Waals surface area (Å²) in [5.74, 6) is 0.835. The van der Waals surface area contributed by atoms with Crippen LogP contribution in [0.1, 0.15) is 0 Å². The Morgan fingerprint density at radius 3 is 2.23 bits per heavy atom. The molecule has 0 fully saturated rings. The second-order valence-corrected chi connectivity index (χ2v) is 8.57. The maximum Gasteiger partial charge on any atom is 0.334 e. The lowest BCUT2D eigenvalue weighted by Crippen LogP contribution is -2.34. The number of sulfonamides is 1. The zero-order valence-corrected chi connectivity index (χ0v) is 18.3. The molecule has 164 valence electrons. The van der Waals surface area contributed by atoms with Gasteiger partial charge >= 0.3 is 12.1 Å². The molecule has 0 atom stereocenters. The number of thiophene rings is 1. The van der Waals surface area contributed by atoms with E-state index in [9.17, 15) is 18.0 Å². The maximum absolute atomic E-state index is 12.8. The van der Waals surface area contributed by atoms with Crippen molar-refractivity contribution in [1.29, 1.82) is 0 Å². The molecule has 0 saturated carbocycles. The predicted molar refractivity (Wildman–Crippen MR) is 117 cm³/mol. The number of benzene rings is 1. The topological polar surface area (TPSA) is 148 Å². The minimum absolute atomic E-state index is 0.0321. The molecular weight excluding hydrogens is 446 g/mol. The molecule has 3 aromatic rings. The molecule has 3 rings (SSSR count). The average Bonchev–Trinajstić information content (AvgIpc) is 3.16. The molecule has 2 heterocycles. The van der Waals surface area contributed by atoms with Crippen LogP contribution < -0.4 is 30.1 Å². The van der Waals surface area contributed by atoms with Crippen LogP contribution >= 0.6 is 11.3 Å². The fourth-order valence-corrected chi connectivity index (χ4v) is 4.95. The minimum atomic E-state index is -4.18. The number of rotatable bonds is 6. The Hall–Kier alpha value is -3.58. The first kappa shape index (κ1) is 22.1. The molecule has 0 saturated heterocycles. The van der Waals surface area contributed by atoms with E-state index in [1.807, 2.05) is 4.72 Å². The van der Waals surface area contributed by atoms with E-state index in [1.54, 1.807) is 18.2 Å². The van der Waals surface area contributed by atoms with Gasteiger partial charge in [-0.05, 0) is 18.2 Å². The van der Waals surface area contributed by atoms with E-state index < -0.39 is 22.1 Å². The van der Waals surface area contributed by atoms with Crippen LogP contribution in [0.15, 0.2) is 40.6 Å². The minimum Gasteiger partial charge on any atom is -0.497 e. The number of anilines is 2. The zero-order valence-electron chi connectivity index (χ0n) is 16.7. The van der Waals surface area contributed by atoms with E-state index in [2.05, 4.69) is 20.9 Å². The van der Waals surface area contributed by atoms with Gasteiger partial charge in [0, 0.05) is 34.6 Å². The van der Waals surface area contributed by atoms with Gasteiger partial charge in [-0.2, -0.15) is 0 Å². The van der Waals surface area contributed by atoms with Gasteiger partial charge in [-0.3, -0.25) is 10.6 Å². The van der Waals surface area contributed by atoms with E-state index in [0.717, 1.165) is 4.70 Å². The molecule has 0 aliphatic heterocycles. The molecule has 0 aliphatic rings. The van der Waals surface area contributed by atoms with Crippen LogP contribution in [0.4, 0.5) is 21.2 Å². The second kappa shape index (κ2) is 9.06. The Morgan fingerprint density at radius 2 is 1.61 bits per heavy atom. The smallest absolute Gasteiger partial charge is 0.334 e. The van der Waals surface area contributed by atoms with E-state index in [1.165, 1.54) is 50.1 Å². The monoisotopic (exact) mass is 465 g/mol. The molecule has 31 heavy (non-hydrogen) atoms. The highest BCUT2D eigenvalue weighted by atomic mass is 32.2. The number of aromatic nitrogens is 1. The third kappa shape index (κ3) is 5.13. The first-order chi connectivity index (χ1) is 14.7. The number of nitrogens with one attached hydrogen (secondary N) is 4. The van der Waals surface area contributed by atoms with Gasteiger partial charge in [-0.25, -0.2) is 27.7 Å². The molecule has 0 aliphatic carbocycles. The standard InChI is InChI=1S/C18H19N5O6S2/c1-19-17(24)21-15-7-11(29-3)8-16(20-15)22-18(25)23-31(26,27)14-9-30-13-5-4-10(28-2)6-12(13)14/h4-9H,1-3H3,(H4,19,20,21,22,23,24,25). The number of urea groups is 2. The highest BCUT2D eigenvalue weighted by Crippen LogP contribution is 2.32. The fourth-order valence-electron chi connectivity index (χ4n) is 2.57. The van der Waals surface area contributed by atoms with Gasteiger partial charge < -0.3 is 14.8 Å². The summed E-state index contributed by atoms with van der Waals surface area (Å²) in [6, 6.07) is 6.27. The summed E-state index contributed by atoms with van der Waals surface area (Å²) in [4.78, 5) is 27.9. The van der Waals surface area contributed by atoms with Crippen LogP contribution in [0.25, 0.3) is 10.1 Å². The number of nitrogens with zero attached hydrogens (tertiary/aromatic N) is 1. The average molecular weight is 466 g/mol. The van der Waals surface area contributed by atoms with Gasteiger partial charge in [-0.1, -0.05) is 0 Å². The van der Waals surface area contributed by atoms with Gasteiger partial charge in [-0.15, -0.1) is 11.3 Å². The van der Waals surface area contributed by atoms with Crippen molar-refractivity contribution >= 4 is 55.1 Å². The molecule has 0 radical (unpaired) electrons. The number of fused-ring (bicyclic) bond motifs is 1. The van der Waals surface area contributed by atoms with Crippen molar-refractivity contribution in [2.24, 2.45) is 0 Å². The van der Waals surface area contributed by atoms with Crippen LogP contribution in [0, 0.1) is 0 Å². The maximum atomic E-state index is 12.8. The number of amides is 4. The fraction of sp³-hybridized carbons (Fsp3) is 0.167. The van der Waals surface area contributed by atoms with Gasteiger partial charge in [0.25, 0.3) is 10.0 Å². The Kier molecular flexibility index (Phi) is 6.46. The lowest BCUT2D eigenvalue weighted by atomic mass is 10.2. The molecule has 11 nitrogen and oxygen atoms in total. The van der Waals surface area contributed by atoms with Crippen molar-refractivity contribution < 1.29 is 27.5 Å². The first-order valence-corrected chi connectivity index (χ1v) is 11.1. The molecule has 13 heteroatoms. The van der Waals surface area contributed by atoms with Crippen molar-refractivity contribution in [3.8, 4) is 11.5 Å². The van der Waals surface area contributed by atoms with E-state index in [-0.39, 0.29) is 22.3 Å². The summed E-state index contributed by atoms with van der Waals surface area (Å²) in [7, 11) is 0.111. The van der Waals surface area contributed by atoms with Crippen molar-refractivity contribution in [3.63, 3.8) is 0 Å². The van der Waals surface area contributed by atoms with Crippen molar-refractivity contribution in [3.05, 3.63) is 35.7 Å². The summed E-state index contributed by atoms with van der Waals surface area (Å²) in [5, 5.41) is 9.00. The van der Waals surface area contributed by atoms with Gasteiger partial charge in [0.05, 0.1) is 14.2 Å². The van der Waals surface area contributed by atoms with Gasteiger partial charge in [0.2, 0.25) is 0 Å². The lowest BCUT2D eigenvalue weighted by molar-refractivity contribution is 0.253. The van der Waals surface area contributed by atoms with Crippen LogP contribution in [0.5, 0.6) is 11.5 Å². The Labute approximate surface area is 181 Å². The van der Waals surface area contributed by atoms with Gasteiger partial charge in [0.15, 0.2) is 0 Å². The normalized spacial score (nSPS) is 10.9. The lowest BCUT2D eigenvalue weighted by Gasteiger charge is -2.11. The van der Waals surface area contributed by atoms with Crippen molar-refractivity contribution in [1.82, 2.24) is 15.0 Å². The number of hydrogen-bond acceptors (Lipinski definition) is 8. The summed E-state index contributed by atoms with van der Waals surface area (Å²) >= 11 is 1.22. The summed E-state index contributed by atoms with van der Waals surface area (Å²) in [6.45, 7) is 0. The molecule has 4 amide bonds. The Morgan fingerprint density at radius 1 is 0.968 bits per heavy atom. The number of ether oxygens (including phenoxy) is 2. The van der Waals surface area contributed by atoms with E-state index >= 15 is 0 Å². The van der Waals surface area contributed by atoms with Crippen LogP contribution in [-0.4, -0.2) is 46.7 Å². The quantitative estimate of drug-likeness (QED) is 0.437. The highest BCUT2D eigenvalue weighted by Gasteiger charge is 2.22. The number of methoxy groups -OCH3 is 2. The molecule has 1 aromatic carbocycles. The summed E-state index contributed by atoms with van der Waals surface area (Å²) in [6.07, 6.45) is 0. The first-order valence-electron chi connectivity index (χ1n) is 8.69. The largest absolute Gasteiger partial charge is 0.497 e. The molecule has 0 spiro atoms. The van der Waals surface area contributed by atoms with Crippen LogP contribution in [0.2, 0.25) is 0 Å². The number of pyridine rings is 1. The number of carbonyl (C=O) groups excluding carboxylic acids is 2. The van der Waals surface area contributed by atoms with Gasteiger partial charge in [0.1, 0.15) is 28.0 Å². The molecule has 0 unspecified atom stereocenters. The molecule has 0 bridgehead atoms. The molecular formula is C18H19N5O6S2. The number of carbonyl (C=O) groups is 2. The predicted octanol–water partition coefficient (Wildman–Crippen LogP) is 2.58. The van der Waals surface area contributed by atoms with Crippen molar-refractivity contribution in [2.45, 2.75) is 4.90 Å². The summed E-state index contributed by atoms with van der Waals surface area (Å²) < 4.78 is 38.5. The zero-order chi connectivity index (χ0) is 22.6. The number of hydrogen-bond donors (Lipinski definition) is 4. The third-order valence-corrected chi connectivity index (χ3v) is 6.49. The molecule has 4 N–H and O–H groups in total. The summed E-state index contributed by atoms with van der Waals surface area (Å²) in [5.41, 5.74) is 0. The van der Waals surface area contributed by atoms with Crippen LogP contribution in [0.3, 0.4) is 0 Å². The van der Waals surface area contributed by atoms with E-state index in [0.29, 0.717) is 11.1 Å². The third-order valence-electron chi connectivity index (χ3n) is 4.01. The highest BCUT2D eigenvalue weighted by molar-refractivity contribution is 7.90. The SMILES string of the molecule is CNC(=O)Nc1cc(OC)cc(NC(=O)NS(=O)(=O)c2csc3ccc(OC)cc23)n1. The Balaban J connectivity index is 1.82.